The molecule has 0 bridgehead atoms. The van der Waals surface area contributed by atoms with Crippen molar-refractivity contribution in [2.24, 2.45) is 28.1 Å². The van der Waals surface area contributed by atoms with Gasteiger partial charge in [-0.25, -0.2) is 4.79 Å². The molecule has 0 spiro atoms. The number of benzene rings is 1. The van der Waals surface area contributed by atoms with E-state index in [-0.39, 0.29) is 27.6 Å². The molecule has 1 saturated carbocycles. The Morgan fingerprint density at radius 3 is 2.52 bits per heavy atom. The number of hydrogen-bond acceptors (Lipinski definition) is 3. The first-order valence-corrected chi connectivity index (χ1v) is 7.22. The third kappa shape index (κ3) is 3.57. The van der Waals surface area contributed by atoms with Crippen molar-refractivity contribution in [1.82, 2.24) is 0 Å². The van der Waals surface area contributed by atoms with Gasteiger partial charge in [-0.2, -0.15) is 0 Å². The second-order valence-electron chi connectivity index (χ2n) is 5.53. The summed E-state index contributed by atoms with van der Waals surface area (Å²) in [5, 5.41) is 3.69. The van der Waals surface area contributed by atoms with E-state index in [9.17, 15) is 4.79 Å². The standard InChI is InChI=1S/C15H16Cl2N2O2/c1-15(2)10(8-11(16)17)12(15)14(20)21-19-13(18)9-6-4-3-5-7-9/h3-8,10,12H,1-2H3,(H2,18,19)/t10-,12+/m0/s1. The fourth-order valence-electron chi connectivity index (χ4n) is 2.39. The van der Waals surface area contributed by atoms with E-state index < -0.39 is 5.97 Å². The Morgan fingerprint density at radius 1 is 1.33 bits per heavy atom. The van der Waals surface area contributed by atoms with Crippen molar-refractivity contribution in [3.8, 4) is 0 Å². The highest BCUT2D eigenvalue weighted by atomic mass is 35.5. The second kappa shape index (κ2) is 6.08. The van der Waals surface area contributed by atoms with Crippen LogP contribution in [0.2, 0.25) is 0 Å². The van der Waals surface area contributed by atoms with Crippen LogP contribution in [-0.2, 0) is 9.63 Å². The van der Waals surface area contributed by atoms with Crippen molar-refractivity contribution in [2.45, 2.75) is 13.8 Å². The van der Waals surface area contributed by atoms with E-state index in [0.29, 0.717) is 5.56 Å². The number of nitrogens with two attached hydrogens (primary N) is 1. The van der Waals surface area contributed by atoms with Gasteiger partial charge >= 0.3 is 5.97 Å². The normalized spacial score (nSPS) is 23.3. The smallest absolute Gasteiger partial charge is 0.339 e. The molecular formula is C15H16Cl2N2O2. The summed E-state index contributed by atoms with van der Waals surface area (Å²) in [4.78, 5) is 17.0. The van der Waals surface area contributed by atoms with Crippen molar-refractivity contribution < 1.29 is 9.63 Å². The monoisotopic (exact) mass is 326 g/mol. The molecule has 0 amide bonds. The zero-order valence-corrected chi connectivity index (χ0v) is 13.2. The summed E-state index contributed by atoms with van der Waals surface area (Å²) in [6.07, 6.45) is 1.65. The summed E-state index contributed by atoms with van der Waals surface area (Å²) in [6.45, 7) is 3.89. The predicted octanol–water partition coefficient (Wildman–Crippen LogP) is 3.44. The maximum Gasteiger partial charge on any atom is 0.339 e. The number of allylic oxidation sites excluding steroid dienone is 1. The third-order valence-electron chi connectivity index (χ3n) is 3.77. The molecule has 1 aliphatic rings. The van der Waals surface area contributed by atoms with Gasteiger partial charge in [-0.15, -0.1) is 0 Å². The van der Waals surface area contributed by atoms with E-state index in [1.54, 1.807) is 18.2 Å². The minimum atomic E-state index is -0.435. The Hall–Kier alpha value is -1.52. The molecule has 1 aromatic carbocycles. The van der Waals surface area contributed by atoms with Crippen LogP contribution in [0, 0.1) is 17.3 Å². The van der Waals surface area contributed by atoms with Crippen molar-refractivity contribution >= 4 is 35.0 Å². The molecule has 6 heteroatoms. The van der Waals surface area contributed by atoms with Crippen LogP contribution in [0.25, 0.3) is 0 Å². The van der Waals surface area contributed by atoms with Crippen molar-refractivity contribution in [2.75, 3.05) is 0 Å². The molecule has 1 aromatic rings. The Morgan fingerprint density at radius 2 is 1.95 bits per heavy atom. The van der Waals surface area contributed by atoms with Crippen LogP contribution in [0.4, 0.5) is 0 Å². The molecule has 2 rings (SSSR count). The van der Waals surface area contributed by atoms with Gasteiger partial charge in [0.1, 0.15) is 4.49 Å². The van der Waals surface area contributed by atoms with Gasteiger partial charge in [-0.05, 0) is 17.4 Å². The highest BCUT2D eigenvalue weighted by molar-refractivity contribution is 6.55. The van der Waals surface area contributed by atoms with Gasteiger partial charge in [-0.1, -0.05) is 72.5 Å². The number of halogens is 2. The summed E-state index contributed by atoms with van der Waals surface area (Å²) in [5.74, 6) is -0.653. The largest absolute Gasteiger partial charge is 0.380 e. The number of carbonyl (C=O) groups excluding carboxylic acids is 1. The number of nitrogens with zero attached hydrogens (tertiary/aromatic N) is 1. The number of amidine groups is 1. The summed E-state index contributed by atoms with van der Waals surface area (Å²) in [5.41, 5.74) is 6.21. The summed E-state index contributed by atoms with van der Waals surface area (Å²) < 4.78 is 0.149. The molecule has 1 fully saturated rings. The Balaban J connectivity index is 2.02. The first-order valence-electron chi connectivity index (χ1n) is 6.46. The molecule has 0 radical (unpaired) electrons. The molecule has 2 atom stereocenters. The lowest BCUT2D eigenvalue weighted by Gasteiger charge is -2.02. The van der Waals surface area contributed by atoms with Crippen molar-refractivity contribution in [3.05, 3.63) is 46.5 Å². The maximum atomic E-state index is 12.0. The first-order chi connectivity index (χ1) is 9.84. The average Bonchev–Trinajstić information content (AvgIpc) is 2.97. The molecule has 0 aromatic heterocycles. The second-order valence-corrected chi connectivity index (χ2v) is 6.54. The van der Waals surface area contributed by atoms with E-state index in [1.165, 1.54) is 0 Å². The van der Waals surface area contributed by atoms with Gasteiger partial charge in [0.25, 0.3) is 0 Å². The zero-order chi connectivity index (χ0) is 15.6. The summed E-state index contributed by atoms with van der Waals surface area (Å²) >= 11 is 11.3. The lowest BCUT2D eigenvalue weighted by atomic mass is 10.1. The van der Waals surface area contributed by atoms with Crippen LogP contribution < -0.4 is 5.73 Å². The highest BCUT2D eigenvalue weighted by Gasteiger charge is 2.62. The summed E-state index contributed by atoms with van der Waals surface area (Å²) in [6, 6.07) is 9.08. The molecule has 0 unspecified atom stereocenters. The van der Waals surface area contributed by atoms with E-state index in [1.807, 2.05) is 32.0 Å². The maximum absolute atomic E-state index is 12.0. The van der Waals surface area contributed by atoms with Gasteiger partial charge in [0.2, 0.25) is 0 Å². The lowest BCUT2D eigenvalue weighted by Crippen LogP contribution is -2.16. The molecule has 1 aliphatic carbocycles. The minimum Gasteiger partial charge on any atom is -0.380 e. The quantitative estimate of drug-likeness (QED) is 0.399. The molecule has 112 valence electrons. The van der Waals surface area contributed by atoms with Crippen molar-refractivity contribution in [3.63, 3.8) is 0 Å². The summed E-state index contributed by atoms with van der Waals surface area (Å²) in [7, 11) is 0. The van der Waals surface area contributed by atoms with Gasteiger partial charge in [0.05, 0.1) is 5.92 Å². The van der Waals surface area contributed by atoms with E-state index in [4.69, 9.17) is 33.8 Å². The molecule has 0 heterocycles. The van der Waals surface area contributed by atoms with Crippen LogP contribution in [0.5, 0.6) is 0 Å². The molecule has 0 saturated heterocycles. The zero-order valence-electron chi connectivity index (χ0n) is 11.7. The molecule has 0 aliphatic heterocycles. The van der Waals surface area contributed by atoms with Crippen LogP contribution >= 0.6 is 23.2 Å². The topological polar surface area (TPSA) is 64.7 Å². The Labute approximate surface area is 133 Å². The van der Waals surface area contributed by atoms with Crippen LogP contribution in [0.15, 0.2) is 46.1 Å². The number of oxime groups is 1. The Bertz CT molecular complexity index is 593. The molecule has 2 N–H and O–H groups in total. The van der Waals surface area contributed by atoms with Crippen molar-refractivity contribution in [1.29, 1.82) is 0 Å². The average molecular weight is 327 g/mol. The fourth-order valence-corrected chi connectivity index (χ4v) is 2.66. The van der Waals surface area contributed by atoms with Crippen LogP contribution in [0.1, 0.15) is 19.4 Å². The minimum absolute atomic E-state index is 0.0526. The van der Waals surface area contributed by atoms with Gasteiger partial charge < -0.3 is 10.6 Å². The third-order valence-corrected chi connectivity index (χ3v) is 4.03. The molecular weight excluding hydrogens is 311 g/mol. The SMILES string of the molecule is CC1(C)[C@@H](C=C(Cl)Cl)[C@@H]1C(=O)O/N=C(/N)c1ccccc1. The fraction of sp³-hybridized carbons (Fsp3) is 0.333. The van der Waals surface area contributed by atoms with E-state index in [0.717, 1.165) is 0 Å². The Kier molecular flexibility index (Phi) is 4.59. The predicted molar refractivity (Wildman–Crippen MR) is 83.8 cm³/mol. The van der Waals surface area contributed by atoms with Crippen LogP contribution in [0.3, 0.4) is 0 Å². The van der Waals surface area contributed by atoms with E-state index >= 15 is 0 Å². The number of hydrogen-bond donors (Lipinski definition) is 1. The highest BCUT2D eigenvalue weighted by Crippen LogP contribution is 2.60. The molecule has 4 nitrogen and oxygen atoms in total. The van der Waals surface area contributed by atoms with Gasteiger partial charge in [0.15, 0.2) is 5.84 Å². The van der Waals surface area contributed by atoms with Crippen LogP contribution in [-0.4, -0.2) is 11.8 Å². The first kappa shape index (κ1) is 15.9. The molecule has 21 heavy (non-hydrogen) atoms. The van der Waals surface area contributed by atoms with Gasteiger partial charge in [-0.3, -0.25) is 0 Å². The van der Waals surface area contributed by atoms with E-state index in [2.05, 4.69) is 5.16 Å². The number of rotatable bonds is 4. The van der Waals surface area contributed by atoms with Gasteiger partial charge in [0, 0.05) is 5.56 Å². The number of carbonyl (C=O) groups is 1. The lowest BCUT2D eigenvalue weighted by molar-refractivity contribution is -0.146.